The highest BCUT2D eigenvalue weighted by Crippen LogP contribution is 2.02. The highest BCUT2D eigenvalue weighted by molar-refractivity contribution is 5.38. The van der Waals surface area contributed by atoms with Crippen LogP contribution in [0.1, 0.15) is 39.0 Å². The molecule has 0 heterocycles. The molecular formula is C10H17O2. The summed E-state index contributed by atoms with van der Waals surface area (Å²) < 4.78 is 4.37. The number of hydrogen-bond donors (Lipinski definition) is 0. The van der Waals surface area contributed by atoms with Gasteiger partial charge in [0.15, 0.2) is 0 Å². The summed E-state index contributed by atoms with van der Waals surface area (Å²) in [7, 11) is 0. The van der Waals surface area contributed by atoms with Gasteiger partial charge in [0.1, 0.15) is 6.61 Å². The van der Waals surface area contributed by atoms with E-state index in [2.05, 4.69) is 11.7 Å². The van der Waals surface area contributed by atoms with Gasteiger partial charge in [0.05, 0.1) is 0 Å². The Kier molecular flexibility index (Phi) is 9.54. The van der Waals surface area contributed by atoms with Crippen molar-refractivity contribution in [3.8, 4) is 0 Å². The lowest BCUT2D eigenvalue weighted by Crippen LogP contribution is -1.85. The summed E-state index contributed by atoms with van der Waals surface area (Å²) in [6.07, 6.45) is 10.1. The van der Waals surface area contributed by atoms with Gasteiger partial charge >= 0.3 is 6.47 Å². The Balaban J connectivity index is 2.97. The summed E-state index contributed by atoms with van der Waals surface area (Å²) in [6.45, 7) is 3.93. The third-order valence-corrected chi connectivity index (χ3v) is 1.63. The molecule has 0 atom stereocenters. The van der Waals surface area contributed by atoms with Crippen LogP contribution in [-0.4, -0.2) is 13.1 Å². The van der Waals surface area contributed by atoms with E-state index in [4.69, 9.17) is 0 Å². The molecule has 0 N–H and O–H groups in total. The zero-order chi connectivity index (χ0) is 9.07. The maximum Gasteiger partial charge on any atom is 0.417 e. The lowest BCUT2D eigenvalue weighted by Gasteiger charge is -1.93. The van der Waals surface area contributed by atoms with E-state index in [0.29, 0.717) is 6.61 Å². The van der Waals surface area contributed by atoms with Gasteiger partial charge in [0.25, 0.3) is 0 Å². The van der Waals surface area contributed by atoms with Crippen molar-refractivity contribution in [3.05, 3.63) is 12.2 Å². The second-order valence-electron chi connectivity index (χ2n) is 2.72. The molecule has 0 rings (SSSR count). The van der Waals surface area contributed by atoms with Crippen LogP contribution in [0.25, 0.3) is 0 Å². The van der Waals surface area contributed by atoms with Gasteiger partial charge in [0, 0.05) is 0 Å². The SMILES string of the molecule is CCCCCC/C=C/CO[C]=O. The molecule has 0 saturated carbocycles. The molecular weight excluding hydrogens is 152 g/mol. The Morgan fingerprint density at radius 3 is 2.75 bits per heavy atom. The molecule has 0 saturated heterocycles. The molecule has 0 unspecified atom stereocenters. The van der Waals surface area contributed by atoms with Gasteiger partial charge in [0.2, 0.25) is 0 Å². The van der Waals surface area contributed by atoms with Crippen LogP contribution < -0.4 is 0 Å². The molecule has 0 bridgehead atoms. The quantitative estimate of drug-likeness (QED) is 0.412. The van der Waals surface area contributed by atoms with E-state index in [9.17, 15) is 4.79 Å². The summed E-state index contributed by atoms with van der Waals surface area (Å²) in [5.41, 5.74) is 0. The number of carbonyl (C=O) groups excluding carboxylic acids is 1. The molecule has 0 aromatic heterocycles. The third kappa shape index (κ3) is 9.21. The average Bonchev–Trinajstić information content (AvgIpc) is 2.10. The van der Waals surface area contributed by atoms with Gasteiger partial charge in [-0.15, -0.1) is 0 Å². The van der Waals surface area contributed by atoms with Gasteiger partial charge in [-0.25, -0.2) is 4.79 Å². The molecule has 69 valence electrons. The topological polar surface area (TPSA) is 26.3 Å². The smallest absolute Gasteiger partial charge is 0.417 e. The molecule has 0 aromatic carbocycles. The zero-order valence-electron chi connectivity index (χ0n) is 7.71. The minimum Gasteiger partial charge on any atom is -0.453 e. The van der Waals surface area contributed by atoms with E-state index >= 15 is 0 Å². The van der Waals surface area contributed by atoms with Crippen LogP contribution in [0.3, 0.4) is 0 Å². The molecule has 2 nitrogen and oxygen atoms in total. The fourth-order valence-corrected chi connectivity index (χ4v) is 0.957. The van der Waals surface area contributed by atoms with E-state index in [1.165, 1.54) is 32.2 Å². The summed E-state index contributed by atoms with van der Waals surface area (Å²) in [5.74, 6) is 0. The van der Waals surface area contributed by atoms with Gasteiger partial charge in [-0.3, -0.25) is 0 Å². The molecule has 12 heavy (non-hydrogen) atoms. The Labute approximate surface area is 74.6 Å². The second kappa shape index (κ2) is 10.2. The lowest BCUT2D eigenvalue weighted by atomic mass is 10.1. The number of allylic oxidation sites excluding steroid dienone is 1. The van der Waals surface area contributed by atoms with E-state index < -0.39 is 0 Å². The first kappa shape index (κ1) is 11.2. The summed E-state index contributed by atoms with van der Waals surface area (Å²) in [4.78, 5) is 9.60. The first-order valence-corrected chi connectivity index (χ1v) is 4.55. The minimum absolute atomic E-state index is 0.358. The molecule has 0 spiro atoms. The predicted molar refractivity (Wildman–Crippen MR) is 49.5 cm³/mol. The van der Waals surface area contributed by atoms with Crippen molar-refractivity contribution in [1.29, 1.82) is 0 Å². The van der Waals surface area contributed by atoms with Crippen LogP contribution >= 0.6 is 0 Å². The Morgan fingerprint density at radius 2 is 2.08 bits per heavy atom. The molecule has 0 aromatic rings. The second-order valence-corrected chi connectivity index (χ2v) is 2.72. The first-order chi connectivity index (χ1) is 5.91. The highest BCUT2D eigenvalue weighted by Gasteiger charge is 1.84. The maximum absolute atomic E-state index is 9.60. The van der Waals surface area contributed by atoms with Crippen molar-refractivity contribution < 1.29 is 9.53 Å². The Bertz CT molecular complexity index is 119. The minimum atomic E-state index is 0.358. The molecule has 0 aliphatic rings. The van der Waals surface area contributed by atoms with Crippen LogP contribution in [0.5, 0.6) is 0 Å². The van der Waals surface area contributed by atoms with Crippen LogP contribution in [0, 0.1) is 0 Å². The van der Waals surface area contributed by atoms with E-state index in [-0.39, 0.29) is 0 Å². The fourth-order valence-electron chi connectivity index (χ4n) is 0.957. The van der Waals surface area contributed by atoms with E-state index in [0.717, 1.165) is 6.42 Å². The molecule has 2 heteroatoms. The highest BCUT2D eigenvalue weighted by atomic mass is 16.5. The Hall–Kier alpha value is -0.790. The van der Waals surface area contributed by atoms with Crippen molar-refractivity contribution in [2.24, 2.45) is 0 Å². The average molecular weight is 169 g/mol. The zero-order valence-corrected chi connectivity index (χ0v) is 7.71. The van der Waals surface area contributed by atoms with Crippen molar-refractivity contribution in [1.82, 2.24) is 0 Å². The fraction of sp³-hybridized carbons (Fsp3) is 0.700. The number of ether oxygens (including phenoxy) is 1. The monoisotopic (exact) mass is 169 g/mol. The van der Waals surface area contributed by atoms with Crippen LogP contribution in [0.2, 0.25) is 0 Å². The van der Waals surface area contributed by atoms with Crippen molar-refractivity contribution in [2.75, 3.05) is 6.61 Å². The molecule has 1 radical (unpaired) electrons. The first-order valence-electron chi connectivity index (χ1n) is 4.55. The largest absolute Gasteiger partial charge is 0.453 e. The third-order valence-electron chi connectivity index (χ3n) is 1.63. The van der Waals surface area contributed by atoms with Crippen molar-refractivity contribution >= 4 is 6.47 Å². The lowest BCUT2D eigenvalue weighted by molar-refractivity contribution is 0.313. The van der Waals surface area contributed by atoms with Crippen LogP contribution in [-0.2, 0) is 9.53 Å². The maximum atomic E-state index is 9.60. The standard InChI is InChI=1S/C10H17O2/c1-2-3-4-5-6-7-8-9-12-10-11/h7-8H,2-6,9H2,1H3/b8-7+. The molecule has 0 aliphatic heterocycles. The normalized spacial score (nSPS) is 10.4. The van der Waals surface area contributed by atoms with Gasteiger partial charge in [-0.2, -0.15) is 0 Å². The summed E-state index contributed by atoms with van der Waals surface area (Å²) in [6, 6.07) is 0. The summed E-state index contributed by atoms with van der Waals surface area (Å²) >= 11 is 0. The Morgan fingerprint density at radius 1 is 1.25 bits per heavy atom. The number of hydrogen-bond acceptors (Lipinski definition) is 2. The van der Waals surface area contributed by atoms with Crippen LogP contribution in [0.4, 0.5) is 0 Å². The number of unbranched alkanes of at least 4 members (excludes halogenated alkanes) is 4. The van der Waals surface area contributed by atoms with Crippen LogP contribution in [0.15, 0.2) is 12.2 Å². The van der Waals surface area contributed by atoms with E-state index in [1.807, 2.05) is 12.2 Å². The van der Waals surface area contributed by atoms with Gasteiger partial charge in [-0.1, -0.05) is 38.3 Å². The van der Waals surface area contributed by atoms with Gasteiger partial charge in [-0.05, 0) is 12.8 Å². The molecule has 0 amide bonds. The molecule has 0 fully saturated rings. The summed E-state index contributed by atoms with van der Waals surface area (Å²) in [5, 5.41) is 0. The number of rotatable bonds is 8. The van der Waals surface area contributed by atoms with Crippen molar-refractivity contribution in [2.45, 2.75) is 39.0 Å². The molecule has 0 aliphatic carbocycles. The van der Waals surface area contributed by atoms with Crippen molar-refractivity contribution in [3.63, 3.8) is 0 Å². The van der Waals surface area contributed by atoms with E-state index in [1.54, 1.807) is 0 Å². The predicted octanol–water partition coefficient (Wildman–Crippen LogP) is 2.60. The van der Waals surface area contributed by atoms with Gasteiger partial charge < -0.3 is 4.74 Å².